The van der Waals surface area contributed by atoms with Crippen molar-refractivity contribution in [3.8, 4) is 5.75 Å². The van der Waals surface area contributed by atoms with Crippen molar-refractivity contribution in [2.75, 3.05) is 12.4 Å². The number of methoxy groups -OCH3 is 1. The van der Waals surface area contributed by atoms with Crippen molar-refractivity contribution in [2.45, 2.75) is 26.3 Å². The minimum Gasteiger partial charge on any atom is -0.495 e. The summed E-state index contributed by atoms with van der Waals surface area (Å²) >= 11 is 9.60. The molecule has 4 heteroatoms. The summed E-state index contributed by atoms with van der Waals surface area (Å²) in [6.45, 7) is 4.22. The van der Waals surface area contributed by atoms with Crippen molar-refractivity contribution in [1.29, 1.82) is 0 Å². The van der Waals surface area contributed by atoms with E-state index >= 15 is 0 Å². The van der Waals surface area contributed by atoms with Gasteiger partial charge in [0.25, 0.3) is 0 Å². The van der Waals surface area contributed by atoms with E-state index in [0.29, 0.717) is 0 Å². The molecule has 0 bridgehead atoms. The summed E-state index contributed by atoms with van der Waals surface area (Å²) in [7, 11) is 1.69. The number of benzene rings is 2. The molecule has 1 unspecified atom stereocenters. The summed E-state index contributed by atoms with van der Waals surface area (Å²) in [4.78, 5) is 0. The van der Waals surface area contributed by atoms with Gasteiger partial charge >= 0.3 is 0 Å². The predicted octanol–water partition coefficient (Wildman–Crippen LogP) is 5.98. The second kappa shape index (κ2) is 7.19. The lowest BCUT2D eigenvalue weighted by molar-refractivity contribution is 0.415. The van der Waals surface area contributed by atoms with E-state index in [0.717, 1.165) is 32.9 Å². The summed E-state index contributed by atoms with van der Waals surface area (Å²) in [5.41, 5.74) is 3.34. The van der Waals surface area contributed by atoms with Crippen molar-refractivity contribution in [1.82, 2.24) is 0 Å². The average molecular weight is 369 g/mol. The maximum Gasteiger partial charge on any atom is 0.143 e. The molecule has 0 spiro atoms. The van der Waals surface area contributed by atoms with Crippen molar-refractivity contribution < 1.29 is 4.74 Å². The summed E-state index contributed by atoms with van der Waals surface area (Å²) in [6, 6.07) is 12.2. The van der Waals surface area contributed by atoms with Gasteiger partial charge in [-0.3, -0.25) is 0 Å². The Kier molecular flexibility index (Phi) is 5.54. The summed E-state index contributed by atoms with van der Waals surface area (Å²) in [6.07, 6.45) is 0.957. The fourth-order valence-corrected chi connectivity index (χ4v) is 3.13. The van der Waals surface area contributed by atoms with Crippen LogP contribution < -0.4 is 10.1 Å². The molecule has 21 heavy (non-hydrogen) atoms. The maximum absolute atomic E-state index is 6.10. The average Bonchev–Trinajstić information content (AvgIpc) is 2.45. The Bertz CT molecular complexity index is 630. The number of hydrogen-bond acceptors (Lipinski definition) is 2. The molecular weight excluding hydrogens is 350 g/mol. The van der Waals surface area contributed by atoms with Gasteiger partial charge in [0.1, 0.15) is 5.75 Å². The van der Waals surface area contributed by atoms with Gasteiger partial charge in [-0.05, 0) is 48.7 Å². The third-order valence-electron chi connectivity index (χ3n) is 3.46. The quantitative estimate of drug-likeness (QED) is 0.700. The van der Waals surface area contributed by atoms with Crippen LogP contribution in [0.2, 0.25) is 5.02 Å². The fourth-order valence-electron chi connectivity index (χ4n) is 2.38. The van der Waals surface area contributed by atoms with Crippen LogP contribution in [0.15, 0.2) is 40.9 Å². The van der Waals surface area contributed by atoms with E-state index in [-0.39, 0.29) is 6.04 Å². The molecule has 0 amide bonds. The van der Waals surface area contributed by atoms with Crippen LogP contribution in [-0.2, 0) is 0 Å². The van der Waals surface area contributed by atoms with Gasteiger partial charge in [-0.1, -0.05) is 46.6 Å². The molecule has 0 radical (unpaired) electrons. The van der Waals surface area contributed by atoms with E-state index in [2.05, 4.69) is 47.2 Å². The number of rotatable bonds is 5. The molecule has 0 aliphatic heterocycles. The molecule has 0 aromatic heterocycles. The molecule has 2 rings (SSSR count). The number of nitrogens with one attached hydrogen (secondary N) is 1. The van der Waals surface area contributed by atoms with Crippen LogP contribution in [0.5, 0.6) is 5.75 Å². The van der Waals surface area contributed by atoms with Gasteiger partial charge < -0.3 is 10.1 Å². The zero-order valence-electron chi connectivity index (χ0n) is 12.4. The van der Waals surface area contributed by atoms with Gasteiger partial charge in [0.05, 0.1) is 18.8 Å². The van der Waals surface area contributed by atoms with Gasteiger partial charge in [-0.25, -0.2) is 0 Å². The minimum absolute atomic E-state index is 0.192. The van der Waals surface area contributed by atoms with Crippen LogP contribution in [0.4, 0.5) is 5.69 Å². The van der Waals surface area contributed by atoms with Gasteiger partial charge in [0.2, 0.25) is 0 Å². The van der Waals surface area contributed by atoms with Crippen LogP contribution in [0.3, 0.4) is 0 Å². The highest BCUT2D eigenvalue weighted by atomic mass is 79.9. The van der Waals surface area contributed by atoms with E-state index in [4.69, 9.17) is 16.3 Å². The Morgan fingerprint density at radius 1 is 1.29 bits per heavy atom. The third-order valence-corrected chi connectivity index (χ3v) is 4.15. The van der Waals surface area contributed by atoms with Crippen molar-refractivity contribution in [3.63, 3.8) is 0 Å². The number of hydrogen-bond donors (Lipinski definition) is 1. The number of halogens is 2. The zero-order chi connectivity index (χ0) is 15.4. The lowest BCUT2D eigenvalue weighted by atomic mass is 10.0. The Morgan fingerprint density at radius 2 is 2.05 bits per heavy atom. The van der Waals surface area contributed by atoms with Crippen molar-refractivity contribution in [2.24, 2.45) is 0 Å². The van der Waals surface area contributed by atoms with E-state index < -0.39 is 0 Å². The van der Waals surface area contributed by atoms with Gasteiger partial charge in [-0.15, -0.1) is 0 Å². The fraction of sp³-hybridized carbons (Fsp3) is 0.294. The number of ether oxygens (including phenoxy) is 1. The van der Waals surface area contributed by atoms with E-state index in [9.17, 15) is 0 Å². The molecule has 2 aromatic rings. The molecule has 0 saturated heterocycles. The molecule has 0 heterocycles. The van der Waals surface area contributed by atoms with Gasteiger partial charge in [-0.2, -0.15) is 0 Å². The second-order valence-electron chi connectivity index (χ2n) is 4.96. The topological polar surface area (TPSA) is 21.3 Å². The molecule has 0 saturated carbocycles. The van der Waals surface area contributed by atoms with Crippen LogP contribution in [0.1, 0.15) is 30.5 Å². The second-order valence-corrected chi connectivity index (χ2v) is 6.31. The Hall–Kier alpha value is -1.19. The van der Waals surface area contributed by atoms with Gasteiger partial charge in [0, 0.05) is 9.50 Å². The van der Waals surface area contributed by atoms with Crippen LogP contribution in [0, 0.1) is 6.92 Å². The molecule has 0 aliphatic carbocycles. The largest absolute Gasteiger partial charge is 0.495 e. The highest BCUT2D eigenvalue weighted by Gasteiger charge is 2.14. The number of aryl methyl sites for hydroxylation is 1. The first kappa shape index (κ1) is 16.2. The molecule has 1 atom stereocenters. The molecular formula is C17H19BrClNO. The molecule has 0 aliphatic rings. The first-order chi connectivity index (χ1) is 10.0. The molecule has 2 nitrogen and oxygen atoms in total. The highest BCUT2D eigenvalue weighted by molar-refractivity contribution is 9.10. The minimum atomic E-state index is 0.192. The number of anilines is 1. The van der Waals surface area contributed by atoms with Crippen LogP contribution in [0.25, 0.3) is 0 Å². The summed E-state index contributed by atoms with van der Waals surface area (Å²) in [5, 5.41) is 4.34. The maximum atomic E-state index is 6.10. The Labute approximate surface area is 139 Å². The summed E-state index contributed by atoms with van der Waals surface area (Å²) in [5.74, 6) is 0.836. The van der Waals surface area contributed by atoms with Crippen molar-refractivity contribution >= 4 is 33.2 Å². The Morgan fingerprint density at radius 3 is 2.67 bits per heavy atom. The predicted molar refractivity (Wildman–Crippen MR) is 93.5 cm³/mol. The highest BCUT2D eigenvalue weighted by Crippen LogP contribution is 2.35. The van der Waals surface area contributed by atoms with E-state index in [1.165, 1.54) is 5.56 Å². The SMILES string of the molecule is CCC(Nc1c(C)cc(Br)cc1OC)c1cccc(Cl)c1. The van der Waals surface area contributed by atoms with E-state index in [1.54, 1.807) is 7.11 Å². The first-order valence-corrected chi connectivity index (χ1v) is 8.08. The monoisotopic (exact) mass is 367 g/mol. The molecule has 0 fully saturated rings. The van der Waals surface area contributed by atoms with Crippen LogP contribution >= 0.6 is 27.5 Å². The smallest absolute Gasteiger partial charge is 0.143 e. The zero-order valence-corrected chi connectivity index (χ0v) is 14.8. The molecule has 112 valence electrons. The standard InChI is InChI=1S/C17H19BrClNO/c1-4-15(12-6-5-7-14(19)9-12)20-17-11(2)8-13(18)10-16(17)21-3/h5-10,15,20H,4H2,1-3H3. The lowest BCUT2D eigenvalue weighted by Gasteiger charge is -2.22. The summed E-state index contributed by atoms with van der Waals surface area (Å²) < 4.78 is 6.51. The normalized spacial score (nSPS) is 12.0. The first-order valence-electron chi connectivity index (χ1n) is 6.91. The third kappa shape index (κ3) is 3.92. The molecule has 1 N–H and O–H groups in total. The lowest BCUT2D eigenvalue weighted by Crippen LogP contribution is -2.11. The van der Waals surface area contributed by atoms with Crippen LogP contribution in [-0.4, -0.2) is 7.11 Å². The van der Waals surface area contributed by atoms with E-state index in [1.807, 2.05) is 24.3 Å². The molecule has 2 aromatic carbocycles. The Balaban J connectivity index is 2.35. The van der Waals surface area contributed by atoms with Gasteiger partial charge in [0.15, 0.2) is 0 Å². The van der Waals surface area contributed by atoms with Crippen molar-refractivity contribution in [3.05, 3.63) is 57.0 Å².